The number of imide groups is 1. The van der Waals surface area contributed by atoms with Crippen LogP contribution in [0, 0.1) is 5.92 Å². The molecule has 0 radical (unpaired) electrons. The molecule has 2 aliphatic heterocycles. The smallest absolute Gasteiger partial charge is 0.323 e. The quantitative estimate of drug-likeness (QED) is 0.766. The summed E-state index contributed by atoms with van der Waals surface area (Å²) in [4.78, 5) is 31.2. The molecule has 1 saturated carbocycles. The zero-order chi connectivity index (χ0) is 19.9. The molecule has 0 aromatic heterocycles. The fourth-order valence-electron chi connectivity index (χ4n) is 4.34. The van der Waals surface area contributed by atoms with E-state index in [4.69, 9.17) is 0 Å². The summed E-state index contributed by atoms with van der Waals surface area (Å²) in [6.07, 6.45) is 2.07. The second-order valence-electron chi connectivity index (χ2n) is 9.07. The Hall–Kier alpha value is -1.92. The van der Waals surface area contributed by atoms with Crippen molar-refractivity contribution in [1.82, 2.24) is 20.0 Å². The zero-order valence-electron chi connectivity index (χ0n) is 17.3. The van der Waals surface area contributed by atoms with Crippen LogP contribution >= 0.6 is 0 Å². The predicted molar refractivity (Wildman–Crippen MR) is 109 cm³/mol. The van der Waals surface area contributed by atoms with Gasteiger partial charge in [-0.05, 0) is 42.7 Å². The highest BCUT2D eigenvalue weighted by atomic mass is 16.2. The van der Waals surface area contributed by atoms with Crippen LogP contribution in [0.15, 0.2) is 24.3 Å². The van der Waals surface area contributed by atoms with Gasteiger partial charge in [-0.15, -0.1) is 0 Å². The van der Waals surface area contributed by atoms with Crippen LogP contribution < -0.4 is 5.32 Å². The predicted octanol–water partition coefficient (Wildman–Crippen LogP) is 2.61. The summed E-state index contributed by atoms with van der Waals surface area (Å²) in [6, 6.07) is 8.68. The van der Waals surface area contributed by atoms with Crippen molar-refractivity contribution in [3.63, 3.8) is 0 Å². The van der Waals surface area contributed by atoms with E-state index in [2.05, 4.69) is 53.2 Å². The molecule has 28 heavy (non-hydrogen) atoms. The molecule has 1 N–H and O–H groups in total. The van der Waals surface area contributed by atoms with Gasteiger partial charge >= 0.3 is 6.03 Å². The Morgan fingerprint density at radius 3 is 2.21 bits per heavy atom. The van der Waals surface area contributed by atoms with Gasteiger partial charge < -0.3 is 5.32 Å². The van der Waals surface area contributed by atoms with Crippen molar-refractivity contribution in [2.24, 2.45) is 5.92 Å². The van der Waals surface area contributed by atoms with Gasteiger partial charge in [0.15, 0.2) is 0 Å². The van der Waals surface area contributed by atoms with Crippen molar-refractivity contribution < 1.29 is 9.59 Å². The second kappa shape index (κ2) is 7.48. The first-order valence-electron chi connectivity index (χ1n) is 10.5. The topological polar surface area (TPSA) is 55.9 Å². The molecule has 3 amide bonds. The number of piperazine rings is 1. The Morgan fingerprint density at radius 2 is 1.64 bits per heavy atom. The molecule has 0 bridgehead atoms. The maximum absolute atomic E-state index is 12.8. The number of benzene rings is 1. The molecule has 2 heterocycles. The maximum atomic E-state index is 12.8. The largest absolute Gasteiger partial charge is 0.326 e. The molecule has 4 rings (SSSR count). The molecule has 3 aliphatic rings. The van der Waals surface area contributed by atoms with Crippen LogP contribution in [0.4, 0.5) is 4.79 Å². The van der Waals surface area contributed by atoms with Crippen molar-refractivity contribution in [2.45, 2.75) is 51.6 Å². The lowest BCUT2D eigenvalue weighted by Crippen LogP contribution is -2.51. The van der Waals surface area contributed by atoms with Crippen molar-refractivity contribution in [3.8, 4) is 0 Å². The third-order valence-electron chi connectivity index (χ3n) is 6.55. The van der Waals surface area contributed by atoms with E-state index in [1.807, 2.05) is 6.92 Å². The van der Waals surface area contributed by atoms with Crippen LogP contribution in [0.3, 0.4) is 0 Å². The standard InChI is InChI=1S/C22H32N4O2/c1-16(2)18-6-4-17(5-7-18)14-24-10-12-25(13-11-24)15-26-20(27)22(3,19-8-9-19)23-21(26)28/h4-7,16,19H,8-15H2,1-3H3,(H,23,28)/t22-/m0/s1. The third kappa shape index (κ3) is 3.80. The average molecular weight is 385 g/mol. The first-order chi connectivity index (χ1) is 13.4. The van der Waals surface area contributed by atoms with E-state index in [0.29, 0.717) is 18.5 Å². The second-order valence-corrected chi connectivity index (χ2v) is 9.07. The summed E-state index contributed by atoms with van der Waals surface area (Å²) in [5, 5.41) is 2.94. The van der Waals surface area contributed by atoms with Gasteiger partial charge in [0.2, 0.25) is 0 Å². The normalized spacial score (nSPS) is 26.9. The number of rotatable bonds is 6. The number of hydrogen-bond acceptors (Lipinski definition) is 4. The van der Waals surface area contributed by atoms with E-state index >= 15 is 0 Å². The van der Waals surface area contributed by atoms with Crippen molar-refractivity contribution in [2.75, 3.05) is 32.8 Å². The summed E-state index contributed by atoms with van der Waals surface area (Å²) in [7, 11) is 0. The van der Waals surface area contributed by atoms with E-state index in [0.717, 1.165) is 45.6 Å². The van der Waals surface area contributed by atoms with Gasteiger partial charge in [0.25, 0.3) is 5.91 Å². The molecular formula is C22H32N4O2. The minimum Gasteiger partial charge on any atom is -0.323 e. The molecular weight excluding hydrogens is 352 g/mol. The summed E-state index contributed by atoms with van der Waals surface area (Å²) < 4.78 is 0. The highest BCUT2D eigenvalue weighted by Crippen LogP contribution is 2.42. The maximum Gasteiger partial charge on any atom is 0.326 e. The average Bonchev–Trinajstić information content (AvgIpc) is 3.50. The molecule has 1 aromatic rings. The number of urea groups is 1. The van der Waals surface area contributed by atoms with Crippen molar-refractivity contribution in [3.05, 3.63) is 35.4 Å². The van der Waals surface area contributed by atoms with Crippen LogP contribution in [0.2, 0.25) is 0 Å². The van der Waals surface area contributed by atoms with Gasteiger partial charge in [-0.25, -0.2) is 9.69 Å². The highest BCUT2D eigenvalue weighted by molar-refractivity contribution is 6.07. The molecule has 0 spiro atoms. The molecule has 6 heteroatoms. The van der Waals surface area contributed by atoms with Crippen molar-refractivity contribution >= 4 is 11.9 Å². The molecule has 3 fully saturated rings. The number of nitrogens with one attached hydrogen (secondary N) is 1. The van der Waals surface area contributed by atoms with Crippen LogP contribution in [0.1, 0.15) is 50.7 Å². The Labute approximate surface area is 167 Å². The molecule has 1 aliphatic carbocycles. The van der Waals surface area contributed by atoms with E-state index in [9.17, 15) is 9.59 Å². The van der Waals surface area contributed by atoms with Crippen LogP contribution in [0.25, 0.3) is 0 Å². The van der Waals surface area contributed by atoms with Crippen LogP contribution in [-0.2, 0) is 11.3 Å². The highest BCUT2D eigenvalue weighted by Gasteiger charge is 2.56. The molecule has 1 aromatic carbocycles. The Bertz CT molecular complexity index is 735. The number of nitrogens with zero attached hydrogens (tertiary/aromatic N) is 3. The zero-order valence-corrected chi connectivity index (χ0v) is 17.3. The number of amides is 3. The van der Waals surface area contributed by atoms with Gasteiger partial charge in [0.05, 0.1) is 6.67 Å². The van der Waals surface area contributed by atoms with Crippen molar-refractivity contribution in [1.29, 1.82) is 0 Å². The lowest BCUT2D eigenvalue weighted by molar-refractivity contribution is -0.133. The van der Waals surface area contributed by atoms with E-state index < -0.39 is 5.54 Å². The van der Waals surface area contributed by atoms with E-state index in [1.165, 1.54) is 16.0 Å². The Morgan fingerprint density at radius 1 is 1.04 bits per heavy atom. The first kappa shape index (κ1) is 19.4. The summed E-state index contributed by atoms with van der Waals surface area (Å²) >= 11 is 0. The molecule has 2 saturated heterocycles. The van der Waals surface area contributed by atoms with Gasteiger partial charge in [0.1, 0.15) is 5.54 Å². The van der Waals surface area contributed by atoms with Crippen LogP contribution in [-0.4, -0.2) is 65.0 Å². The Kier molecular flexibility index (Phi) is 5.19. The third-order valence-corrected chi connectivity index (χ3v) is 6.55. The van der Waals surface area contributed by atoms with Gasteiger partial charge in [0, 0.05) is 32.7 Å². The number of carbonyl (C=O) groups is 2. The first-order valence-corrected chi connectivity index (χ1v) is 10.5. The SMILES string of the molecule is CC(C)c1ccc(CN2CCN(CN3C(=O)N[C@@](C)(C4CC4)C3=O)CC2)cc1. The van der Waals surface area contributed by atoms with Gasteiger partial charge in [-0.3, -0.25) is 14.6 Å². The summed E-state index contributed by atoms with van der Waals surface area (Å²) in [6.45, 7) is 11.3. The fourth-order valence-corrected chi connectivity index (χ4v) is 4.34. The minimum atomic E-state index is -0.680. The lowest BCUT2D eigenvalue weighted by atomic mass is 9.96. The summed E-state index contributed by atoms with van der Waals surface area (Å²) in [5.74, 6) is 0.824. The molecule has 6 nitrogen and oxygen atoms in total. The van der Waals surface area contributed by atoms with Gasteiger partial charge in [-0.2, -0.15) is 0 Å². The molecule has 152 valence electrons. The Balaban J connectivity index is 1.27. The number of hydrogen-bond donors (Lipinski definition) is 1. The van der Waals surface area contributed by atoms with Gasteiger partial charge in [-0.1, -0.05) is 38.1 Å². The minimum absolute atomic E-state index is 0.0485. The van der Waals surface area contributed by atoms with Crippen LogP contribution in [0.5, 0.6) is 0 Å². The molecule has 1 atom stereocenters. The molecule has 0 unspecified atom stereocenters. The van der Waals surface area contributed by atoms with E-state index in [1.54, 1.807) is 0 Å². The number of carbonyl (C=O) groups excluding carboxylic acids is 2. The lowest BCUT2D eigenvalue weighted by Gasteiger charge is -2.36. The summed E-state index contributed by atoms with van der Waals surface area (Å²) in [5.41, 5.74) is 2.04. The fraction of sp³-hybridized carbons (Fsp3) is 0.636. The van der Waals surface area contributed by atoms with E-state index in [-0.39, 0.29) is 11.9 Å². The monoisotopic (exact) mass is 384 g/mol.